The fraction of sp³-hybridized carbons (Fsp3) is 0.737. The van der Waals surface area contributed by atoms with Crippen LogP contribution in [0.2, 0.25) is 0 Å². The van der Waals surface area contributed by atoms with E-state index in [1.807, 2.05) is 19.2 Å². The van der Waals surface area contributed by atoms with Crippen molar-refractivity contribution < 1.29 is 34.5 Å². The number of carboxylic acid groups (broad SMARTS) is 1. The second-order valence-corrected chi connectivity index (χ2v) is 8.05. The van der Waals surface area contributed by atoms with Crippen LogP contribution >= 0.6 is 0 Å². The summed E-state index contributed by atoms with van der Waals surface area (Å²) >= 11 is 0. The molecule has 0 saturated carbocycles. The second kappa shape index (κ2) is 15.0. The van der Waals surface area contributed by atoms with Gasteiger partial charge in [-0.2, -0.15) is 0 Å². The Bertz CT molecular complexity index is 696. The Balaban J connectivity index is 5.35. The van der Waals surface area contributed by atoms with Crippen LogP contribution in [0.15, 0.2) is 4.99 Å². The first-order chi connectivity index (χ1) is 15.3. The summed E-state index contributed by atoms with van der Waals surface area (Å²) in [6.07, 6.45) is -0.652. The van der Waals surface area contributed by atoms with Crippen molar-refractivity contribution in [2.45, 2.75) is 70.3 Å². The number of nitrogens with two attached hydrogens (primary N) is 3. The number of rotatable bonds is 15. The molecule has 190 valence electrons. The predicted molar refractivity (Wildman–Crippen MR) is 120 cm³/mol. The minimum atomic E-state index is -1.65. The molecule has 0 bridgehead atoms. The smallest absolute Gasteiger partial charge is 0.328 e. The van der Waals surface area contributed by atoms with Crippen LogP contribution in [0.25, 0.3) is 0 Å². The van der Waals surface area contributed by atoms with Crippen molar-refractivity contribution in [3.63, 3.8) is 0 Å². The molecule has 0 rings (SSSR count). The van der Waals surface area contributed by atoms with E-state index in [1.54, 1.807) is 0 Å². The van der Waals surface area contributed by atoms with Crippen LogP contribution in [-0.2, 0) is 19.2 Å². The molecule has 0 aliphatic carbocycles. The number of aliphatic hydroxyl groups is 2. The van der Waals surface area contributed by atoms with Crippen LogP contribution in [0.4, 0.5) is 0 Å². The molecule has 3 amide bonds. The molecule has 5 atom stereocenters. The van der Waals surface area contributed by atoms with Crippen LogP contribution in [0.5, 0.6) is 0 Å². The molecule has 14 heteroatoms. The van der Waals surface area contributed by atoms with Gasteiger partial charge in [-0.3, -0.25) is 19.4 Å². The molecule has 33 heavy (non-hydrogen) atoms. The average Bonchev–Trinajstić information content (AvgIpc) is 2.70. The van der Waals surface area contributed by atoms with Crippen LogP contribution in [0.3, 0.4) is 0 Å². The summed E-state index contributed by atoms with van der Waals surface area (Å²) in [5.74, 6) is -3.90. The lowest BCUT2D eigenvalue weighted by molar-refractivity contribution is -0.145. The number of nitrogens with zero attached hydrogens (tertiary/aromatic N) is 1. The van der Waals surface area contributed by atoms with Crippen molar-refractivity contribution in [3.05, 3.63) is 0 Å². The summed E-state index contributed by atoms with van der Waals surface area (Å²) in [5.41, 5.74) is 16.4. The molecule has 14 nitrogen and oxygen atoms in total. The molecule has 5 unspecified atom stereocenters. The molecular formula is C19H37N7O7. The van der Waals surface area contributed by atoms with Gasteiger partial charge >= 0.3 is 5.97 Å². The first kappa shape index (κ1) is 30.0. The molecule has 0 spiro atoms. The second-order valence-electron chi connectivity index (χ2n) is 8.05. The quantitative estimate of drug-likeness (QED) is 0.0636. The van der Waals surface area contributed by atoms with E-state index in [0.29, 0.717) is 12.8 Å². The largest absolute Gasteiger partial charge is 0.480 e. The summed E-state index contributed by atoms with van der Waals surface area (Å²) < 4.78 is 0. The lowest BCUT2D eigenvalue weighted by Crippen LogP contribution is -2.59. The Morgan fingerprint density at radius 2 is 1.48 bits per heavy atom. The van der Waals surface area contributed by atoms with Gasteiger partial charge in [-0.15, -0.1) is 0 Å². The van der Waals surface area contributed by atoms with Crippen LogP contribution < -0.4 is 33.2 Å². The van der Waals surface area contributed by atoms with Gasteiger partial charge in [-0.05, 0) is 32.1 Å². The molecule has 0 aromatic carbocycles. The van der Waals surface area contributed by atoms with Gasteiger partial charge < -0.3 is 48.5 Å². The Morgan fingerprint density at radius 3 is 1.94 bits per heavy atom. The van der Waals surface area contributed by atoms with Gasteiger partial charge in [0.05, 0.1) is 18.8 Å². The van der Waals surface area contributed by atoms with E-state index >= 15 is 0 Å². The van der Waals surface area contributed by atoms with Crippen molar-refractivity contribution >= 4 is 29.7 Å². The monoisotopic (exact) mass is 475 g/mol. The van der Waals surface area contributed by atoms with E-state index in [-0.39, 0.29) is 24.8 Å². The molecule has 0 aromatic heterocycles. The van der Waals surface area contributed by atoms with Crippen LogP contribution in [0, 0.1) is 5.92 Å². The van der Waals surface area contributed by atoms with E-state index in [2.05, 4.69) is 15.6 Å². The Kier molecular flexibility index (Phi) is 13.6. The molecule has 0 aromatic rings. The van der Waals surface area contributed by atoms with Gasteiger partial charge in [0, 0.05) is 6.54 Å². The highest BCUT2D eigenvalue weighted by Crippen LogP contribution is 2.05. The van der Waals surface area contributed by atoms with Crippen molar-refractivity contribution in [3.8, 4) is 0 Å². The molecule has 0 fully saturated rings. The molecule has 0 heterocycles. The van der Waals surface area contributed by atoms with Gasteiger partial charge in [0.15, 0.2) is 12.0 Å². The fourth-order valence-corrected chi connectivity index (χ4v) is 2.77. The third kappa shape index (κ3) is 12.0. The van der Waals surface area contributed by atoms with Gasteiger partial charge in [0.1, 0.15) is 12.1 Å². The first-order valence-corrected chi connectivity index (χ1v) is 10.5. The summed E-state index contributed by atoms with van der Waals surface area (Å²) in [6, 6.07) is -5.16. The predicted octanol–water partition coefficient (Wildman–Crippen LogP) is -3.67. The lowest BCUT2D eigenvalue weighted by atomic mass is 10.0. The maximum Gasteiger partial charge on any atom is 0.328 e. The van der Waals surface area contributed by atoms with Crippen LogP contribution in [0.1, 0.15) is 40.0 Å². The molecule has 12 N–H and O–H groups in total. The Labute approximate surface area is 192 Å². The highest BCUT2D eigenvalue weighted by Gasteiger charge is 2.31. The summed E-state index contributed by atoms with van der Waals surface area (Å²) in [7, 11) is 0. The van der Waals surface area contributed by atoms with Crippen molar-refractivity contribution in [2.24, 2.45) is 28.1 Å². The van der Waals surface area contributed by atoms with Gasteiger partial charge in [-0.1, -0.05) is 13.8 Å². The molecule has 0 aliphatic rings. The van der Waals surface area contributed by atoms with E-state index in [9.17, 15) is 29.4 Å². The summed E-state index contributed by atoms with van der Waals surface area (Å²) in [5, 5.41) is 34.9. The standard InChI is InChI=1S/C19H37N7O7/c1-9(2)7-11(20)15(29)24-12(5-4-6-23-19(21)22)16(30)25-13(8-27)17(31)26-14(10(3)28)18(32)33/h9-14,27-28H,4-8,20H2,1-3H3,(H,24,29)(H,25,30)(H,26,31)(H,32,33)(H4,21,22,23). The molecule has 0 saturated heterocycles. The third-order valence-corrected chi connectivity index (χ3v) is 4.50. The summed E-state index contributed by atoms with van der Waals surface area (Å²) in [6.45, 7) is 4.25. The third-order valence-electron chi connectivity index (χ3n) is 4.50. The zero-order valence-electron chi connectivity index (χ0n) is 19.2. The number of guanidine groups is 1. The Hall–Kier alpha value is -2.97. The average molecular weight is 476 g/mol. The van der Waals surface area contributed by atoms with Gasteiger partial charge in [-0.25, -0.2) is 4.79 Å². The zero-order valence-corrected chi connectivity index (χ0v) is 19.2. The van der Waals surface area contributed by atoms with Crippen molar-refractivity contribution in [1.82, 2.24) is 16.0 Å². The molecule has 0 radical (unpaired) electrons. The lowest BCUT2D eigenvalue weighted by Gasteiger charge is -2.25. The van der Waals surface area contributed by atoms with Gasteiger partial charge in [0.2, 0.25) is 17.7 Å². The highest BCUT2D eigenvalue weighted by atomic mass is 16.4. The van der Waals surface area contributed by atoms with E-state index in [1.165, 1.54) is 0 Å². The van der Waals surface area contributed by atoms with Crippen LogP contribution in [-0.4, -0.2) is 88.4 Å². The maximum atomic E-state index is 12.8. The first-order valence-electron chi connectivity index (χ1n) is 10.5. The topological polar surface area (TPSA) is 255 Å². The van der Waals surface area contributed by atoms with Crippen molar-refractivity contribution in [2.75, 3.05) is 13.2 Å². The molecule has 0 aliphatic heterocycles. The number of carboxylic acids is 1. The van der Waals surface area contributed by atoms with E-state index in [0.717, 1.165) is 6.92 Å². The minimum absolute atomic E-state index is 0.0912. The van der Waals surface area contributed by atoms with E-state index < -0.39 is 60.6 Å². The van der Waals surface area contributed by atoms with Gasteiger partial charge in [0.25, 0.3) is 0 Å². The van der Waals surface area contributed by atoms with Crippen molar-refractivity contribution in [1.29, 1.82) is 0 Å². The number of aliphatic hydroxyl groups excluding tert-OH is 2. The number of amides is 3. The highest BCUT2D eigenvalue weighted by molar-refractivity contribution is 5.94. The number of carbonyl (C=O) groups excluding carboxylic acids is 3. The minimum Gasteiger partial charge on any atom is -0.480 e. The number of aliphatic imine (C=N–C) groups is 1. The number of aliphatic carboxylic acids is 1. The zero-order chi connectivity index (χ0) is 25.7. The number of nitrogens with one attached hydrogen (secondary N) is 3. The van der Waals surface area contributed by atoms with E-state index in [4.69, 9.17) is 22.3 Å². The number of carbonyl (C=O) groups is 4. The fourth-order valence-electron chi connectivity index (χ4n) is 2.77. The maximum absolute atomic E-state index is 12.8. The SMILES string of the molecule is CC(C)CC(N)C(=O)NC(CCCN=C(N)N)C(=O)NC(CO)C(=O)NC(C(=O)O)C(C)O. The number of hydrogen-bond acceptors (Lipinski definition) is 8. The Morgan fingerprint density at radius 1 is 0.939 bits per heavy atom. The normalized spacial score (nSPS) is 15.5. The molecular weight excluding hydrogens is 438 g/mol. The number of hydrogen-bond donors (Lipinski definition) is 9. The summed E-state index contributed by atoms with van der Waals surface area (Å²) in [4.78, 5) is 52.5.